The normalized spacial score (nSPS) is 12.1. The van der Waals surface area contributed by atoms with Crippen LogP contribution in [0.3, 0.4) is 0 Å². The summed E-state index contributed by atoms with van der Waals surface area (Å²) in [4.78, 5) is 32.0. The highest BCUT2D eigenvalue weighted by atomic mass is 32.2. The van der Waals surface area contributed by atoms with E-state index in [2.05, 4.69) is 4.98 Å². The molecule has 0 aliphatic heterocycles. The van der Waals surface area contributed by atoms with Gasteiger partial charge in [-0.3, -0.25) is 14.2 Å². The molecule has 1 aromatic heterocycles. The predicted molar refractivity (Wildman–Crippen MR) is 116 cm³/mol. The van der Waals surface area contributed by atoms with Crippen LogP contribution >= 0.6 is 11.8 Å². The molecule has 1 amide bonds. The molecule has 3 rings (SSSR count). The van der Waals surface area contributed by atoms with Crippen LogP contribution in [0.25, 0.3) is 10.9 Å². The fourth-order valence-electron chi connectivity index (χ4n) is 3.11. The summed E-state index contributed by atoms with van der Waals surface area (Å²) in [7, 11) is 3.38. The molecule has 1 heterocycles. The number of nitrogens with zero attached hydrogens (tertiary/aromatic N) is 3. The number of hydrogen-bond acceptors (Lipinski definition) is 5. The number of carbonyl (C=O) groups excluding carboxylic acids is 1. The summed E-state index contributed by atoms with van der Waals surface area (Å²) in [5.41, 5.74) is 1.58. The quantitative estimate of drug-likeness (QED) is 0.420. The Balaban J connectivity index is 1.82. The van der Waals surface area contributed by atoms with Crippen molar-refractivity contribution in [2.75, 3.05) is 26.5 Å². The van der Waals surface area contributed by atoms with Crippen molar-refractivity contribution in [1.29, 1.82) is 0 Å². The van der Waals surface area contributed by atoms with Crippen LogP contribution in [0.2, 0.25) is 0 Å². The van der Waals surface area contributed by atoms with Crippen molar-refractivity contribution in [1.82, 2.24) is 14.5 Å². The van der Waals surface area contributed by atoms with Gasteiger partial charge < -0.3 is 9.64 Å². The van der Waals surface area contributed by atoms with Crippen LogP contribution in [0.5, 0.6) is 0 Å². The van der Waals surface area contributed by atoms with E-state index in [0.717, 1.165) is 5.56 Å². The summed E-state index contributed by atoms with van der Waals surface area (Å²) < 4.78 is 6.86. The zero-order valence-corrected chi connectivity index (χ0v) is 17.7. The topological polar surface area (TPSA) is 64.4 Å². The Kier molecular flexibility index (Phi) is 7.06. The highest BCUT2D eigenvalue weighted by molar-refractivity contribution is 7.99. The van der Waals surface area contributed by atoms with Crippen LogP contribution in [-0.2, 0) is 16.1 Å². The lowest BCUT2D eigenvalue weighted by molar-refractivity contribution is -0.127. The van der Waals surface area contributed by atoms with E-state index in [1.54, 1.807) is 29.7 Å². The summed E-state index contributed by atoms with van der Waals surface area (Å²) in [5, 5.41) is 1.09. The number of para-hydroxylation sites is 1. The summed E-state index contributed by atoms with van der Waals surface area (Å²) in [6.07, 6.45) is 0. The van der Waals surface area contributed by atoms with Gasteiger partial charge in [0, 0.05) is 20.7 Å². The first-order chi connectivity index (χ1) is 14.0. The van der Waals surface area contributed by atoms with Crippen LogP contribution in [0, 0.1) is 0 Å². The third kappa shape index (κ3) is 5.05. The molecule has 0 aliphatic carbocycles. The molecule has 0 radical (unpaired) electrons. The molecule has 0 spiro atoms. The van der Waals surface area contributed by atoms with E-state index in [1.807, 2.05) is 55.5 Å². The second-order valence-electron chi connectivity index (χ2n) is 6.92. The molecule has 0 fully saturated rings. The Bertz CT molecular complexity index is 1040. The number of hydrogen-bond donors (Lipinski definition) is 0. The third-order valence-electron chi connectivity index (χ3n) is 4.64. The Labute approximate surface area is 174 Å². The second kappa shape index (κ2) is 9.71. The van der Waals surface area contributed by atoms with Gasteiger partial charge in [0.2, 0.25) is 5.91 Å². The molecule has 2 aromatic carbocycles. The fraction of sp³-hybridized carbons (Fsp3) is 0.318. The summed E-state index contributed by atoms with van der Waals surface area (Å²) >= 11 is 1.28. The van der Waals surface area contributed by atoms with Crippen molar-refractivity contribution in [3.63, 3.8) is 0 Å². The number of aromatic nitrogens is 2. The van der Waals surface area contributed by atoms with Crippen LogP contribution < -0.4 is 5.56 Å². The van der Waals surface area contributed by atoms with Crippen molar-refractivity contribution in [2.45, 2.75) is 24.7 Å². The van der Waals surface area contributed by atoms with E-state index < -0.39 is 0 Å². The lowest BCUT2D eigenvalue weighted by atomic mass is 10.2. The van der Waals surface area contributed by atoms with Crippen molar-refractivity contribution in [3.8, 4) is 0 Å². The molecule has 0 aliphatic rings. The number of fused-ring (bicyclic) bond motifs is 1. The van der Waals surface area contributed by atoms with E-state index in [9.17, 15) is 9.59 Å². The van der Waals surface area contributed by atoms with Crippen LogP contribution in [0.4, 0.5) is 0 Å². The molecule has 152 valence electrons. The summed E-state index contributed by atoms with van der Waals surface area (Å²) in [6.45, 7) is 2.84. The molecule has 1 atom stereocenters. The Hall–Kier alpha value is -2.64. The number of ether oxygens (including phenoxy) is 1. The largest absolute Gasteiger partial charge is 0.383 e. The van der Waals surface area contributed by atoms with Gasteiger partial charge in [-0.2, -0.15) is 0 Å². The van der Waals surface area contributed by atoms with Crippen molar-refractivity contribution >= 4 is 28.6 Å². The van der Waals surface area contributed by atoms with Crippen molar-refractivity contribution < 1.29 is 9.53 Å². The van der Waals surface area contributed by atoms with E-state index in [4.69, 9.17) is 4.74 Å². The first-order valence-electron chi connectivity index (χ1n) is 9.42. The fourth-order valence-corrected chi connectivity index (χ4v) is 4.15. The molecule has 7 heteroatoms. The van der Waals surface area contributed by atoms with Gasteiger partial charge in [-0.25, -0.2) is 4.98 Å². The minimum atomic E-state index is -0.191. The van der Waals surface area contributed by atoms with Crippen molar-refractivity contribution in [3.05, 3.63) is 70.5 Å². The molecule has 0 saturated carbocycles. The molecule has 0 N–H and O–H groups in total. The first-order valence-corrected chi connectivity index (χ1v) is 10.4. The lowest BCUT2D eigenvalue weighted by Gasteiger charge is -2.20. The zero-order valence-electron chi connectivity index (χ0n) is 16.9. The minimum Gasteiger partial charge on any atom is -0.383 e. The van der Waals surface area contributed by atoms with E-state index in [0.29, 0.717) is 29.2 Å². The van der Waals surface area contributed by atoms with Gasteiger partial charge in [0.1, 0.15) is 0 Å². The summed E-state index contributed by atoms with van der Waals surface area (Å²) in [5.74, 6) is 0.181. The minimum absolute atomic E-state index is 0.0211. The highest BCUT2D eigenvalue weighted by Gasteiger charge is 2.18. The third-order valence-corrected chi connectivity index (χ3v) is 5.57. The van der Waals surface area contributed by atoms with E-state index >= 15 is 0 Å². The maximum absolute atomic E-state index is 13.0. The number of rotatable bonds is 8. The Morgan fingerprint density at radius 2 is 1.86 bits per heavy atom. The van der Waals surface area contributed by atoms with Crippen LogP contribution in [0.15, 0.2) is 64.5 Å². The van der Waals surface area contributed by atoms with Gasteiger partial charge >= 0.3 is 0 Å². The zero-order chi connectivity index (χ0) is 20.8. The lowest BCUT2D eigenvalue weighted by Crippen LogP contribution is -2.30. The SMILES string of the molecule is COC[C@H](C)n1c(SCC(=O)N(C)Cc2ccccc2)nc2ccccc2c1=O. The summed E-state index contributed by atoms with van der Waals surface area (Å²) in [6, 6.07) is 16.9. The molecular formula is C22H25N3O3S. The van der Waals surface area contributed by atoms with E-state index in [1.165, 1.54) is 11.8 Å². The van der Waals surface area contributed by atoms with Gasteiger partial charge in [0.05, 0.1) is 29.3 Å². The molecule has 29 heavy (non-hydrogen) atoms. The van der Waals surface area contributed by atoms with Gasteiger partial charge in [-0.15, -0.1) is 0 Å². The molecule has 0 saturated heterocycles. The highest BCUT2D eigenvalue weighted by Crippen LogP contribution is 2.21. The van der Waals surface area contributed by atoms with Crippen LogP contribution in [-0.4, -0.2) is 46.9 Å². The van der Waals surface area contributed by atoms with Crippen molar-refractivity contribution in [2.24, 2.45) is 0 Å². The van der Waals surface area contributed by atoms with E-state index in [-0.39, 0.29) is 23.3 Å². The number of methoxy groups -OCH3 is 1. The molecule has 3 aromatic rings. The van der Waals surface area contributed by atoms with Crippen LogP contribution in [0.1, 0.15) is 18.5 Å². The van der Waals surface area contributed by atoms with Gasteiger partial charge in [0.15, 0.2) is 5.16 Å². The number of carbonyl (C=O) groups is 1. The molecular weight excluding hydrogens is 386 g/mol. The predicted octanol–water partition coefficient (Wildman–Crippen LogP) is 3.35. The average molecular weight is 412 g/mol. The maximum Gasteiger partial charge on any atom is 0.262 e. The smallest absolute Gasteiger partial charge is 0.262 e. The Morgan fingerprint density at radius 1 is 1.17 bits per heavy atom. The average Bonchev–Trinajstić information content (AvgIpc) is 2.73. The number of thioether (sulfide) groups is 1. The molecule has 6 nitrogen and oxygen atoms in total. The number of amides is 1. The Morgan fingerprint density at radius 3 is 2.59 bits per heavy atom. The molecule has 0 unspecified atom stereocenters. The second-order valence-corrected chi connectivity index (χ2v) is 7.86. The maximum atomic E-state index is 13.0. The first kappa shape index (κ1) is 21.1. The number of benzene rings is 2. The molecule has 0 bridgehead atoms. The standard InChI is InChI=1S/C22H25N3O3S/c1-16(14-28-3)25-21(27)18-11-7-8-12-19(18)23-22(25)29-15-20(26)24(2)13-17-9-5-4-6-10-17/h4-12,16H,13-15H2,1-3H3/t16-/m0/s1. The van der Waals surface area contributed by atoms with Gasteiger partial charge in [-0.1, -0.05) is 54.2 Å². The monoisotopic (exact) mass is 411 g/mol. The van der Waals surface area contributed by atoms with Gasteiger partial charge in [-0.05, 0) is 24.6 Å². The van der Waals surface area contributed by atoms with Gasteiger partial charge in [0.25, 0.3) is 5.56 Å².